The van der Waals surface area contributed by atoms with E-state index in [2.05, 4.69) is 15.4 Å². The molecule has 0 bridgehead atoms. The molecule has 0 aliphatic carbocycles. The first-order valence-electron chi connectivity index (χ1n) is 8.07. The van der Waals surface area contributed by atoms with Crippen LogP contribution in [-0.2, 0) is 0 Å². The van der Waals surface area contributed by atoms with Gasteiger partial charge in [0.25, 0.3) is 0 Å². The van der Waals surface area contributed by atoms with Crippen LogP contribution in [0.25, 0.3) is 0 Å². The van der Waals surface area contributed by atoms with Crippen LogP contribution in [0.3, 0.4) is 0 Å². The number of nitrogens with zero attached hydrogens (tertiary/aromatic N) is 3. The van der Waals surface area contributed by atoms with E-state index in [4.69, 9.17) is 14.0 Å². The number of amides is 2. The van der Waals surface area contributed by atoms with Crippen LogP contribution in [0.5, 0.6) is 11.5 Å². The van der Waals surface area contributed by atoms with E-state index in [0.717, 1.165) is 11.6 Å². The summed E-state index contributed by atoms with van der Waals surface area (Å²) in [6.07, 6.45) is 0. The smallest absolute Gasteiger partial charge is 0.321 e. The lowest BCUT2D eigenvalue weighted by atomic mass is 10.2. The molecule has 2 amide bonds. The molecule has 1 saturated heterocycles. The first-order valence-corrected chi connectivity index (χ1v) is 8.07. The fourth-order valence-electron chi connectivity index (χ4n) is 2.76. The Morgan fingerprint density at radius 1 is 1.12 bits per heavy atom. The van der Waals surface area contributed by atoms with Crippen molar-refractivity contribution in [3.05, 3.63) is 30.0 Å². The number of anilines is 2. The van der Waals surface area contributed by atoms with E-state index in [1.807, 2.05) is 13.0 Å². The van der Waals surface area contributed by atoms with Crippen LogP contribution >= 0.6 is 0 Å². The maximum Gasteiger partial charge on any atom is 0.321 e. The van der Waals surface area contributed by atoms with Crippen LogP contribution in [0, 0.1) is 6.92 Å². The molecule has 1 aromatic heterocycles. The second-order valence-corrected chi connectivity index (χ2v) is 5.77. The number of rotatable bonds is 4. The molecule has 0 atom stereocenters. The van der Waals surface area contributed by atoms with Crippen molar-refractivity contribution in [1.29, 1.82) is 0 Å². The molecule has 1 fully saturated rings. The predicted octanol–water partition coefficient (Wildman–Crippen LogP) is 2.35. The van der Waals surface area contributed by atoms with E-state index >= 15 is 0 Å². The fraction of sp³-hybridized carbons (Fsp3) is 0.412. The molecule has 25 heavy (non-hydrogen) atoms. The zero-order chi connectivity index (χ0) is 17.8. The Morgan fingerprint density at radius 3 is 2.44 bits per heavy atom. The second-order valence-electron chi connectivity index (χ2n) is 5.77. The van der Waals surface area contributed by atoms with Gasteiger partial charge >= 0.3 is 6.03 Å². The zero-order valence-electron chi connectivity index (χ0n) is 14.6. The minimum absolute atomic E-state index is 0.136. The van der Waals surface area contributed by atoms with Crippen LogP contribution in [0.1, 0.15) is 5.76 Å². The van der Waals surface area contributed by atoms with E-state index in [9.17, 15) is 4.79 Å². The summed E-state index contributed by atoms with van der Waals surface area (Å²) in [7, 11) is 3.14. The monoisotopic (exact) mass is 346 g/mol. The Morgan fingerprint density at radius 2 is 1.84 bits per heavy atom. The van der Waals surface area contributed by atoms with Crippen LogP contribution in [0.2, 0.25) is 0 Å². The van der Waals surface area contributed by atoms with Gasteiger partial charge in [-0.25, -0.2) is 4.79 Å². The topological polar surface area (TPSA) is 80.1 Å². The van der Waals surface area contributed by atoms with Crippen molar-refractivity contribution in [2.45, 2.75) is 6.92 Å². The Labute approximate surface area is 146 Å². The molecule has 1 aliphatic rings. The molecule has 0 saturated carbocycles. The molecule has 0 unspecified atom stereocenters. The van der Waals surface area contributed by atoms with Crippen LogP contribution < -0.4 is 19.7 Å². The average Bonchev–Trinajstić information content (AvgIpc) is 3.08. The third kappa shape index (κ3) is 3.78. The first kappa shape index (κ1) is 16.9. The Bertz CT molecular complexity index is 738. The summed E-state index contributed by atoms with van der Waals surface area (Å²) in [4.78, 5) is 16.3. The Hall–Kier alpha value is -2.90. The van der Waals surface area contributed by atoms with Crippen molar-refractivity contribution in [3.8, 4) is 11.5 Å². The van der Waals surface area contributed by atoms with Gasteiger partial charge in [-0.05, 0) is 19.1 Å². The highest BCUT2D eigenvalue weighted by Crippen LogP contribution is 2.29. The van der Waals surface area contributed by atoms with E-state index in [0.29, 0.717) is 43.4 Å². The number of carbonyl (C=O) groups excluding carboxylic acids is 1. The van der Waals surface area contributed by atoms with Crippen molar-refractivity contribution in [2.75, 3.05) is 50.6 Å². The molecule has 3 rings (SSSR count). The highest BCUT2D eigenvalue weighted by molar-refractivity contribution is 5.90. The van der Waals surface area contributed by atoms with Gasteiger partial charge in [-0.3, -0.25) is 0 Å². The summed E-state index contributed by atoms with van der Waals surface area (Å²) in [6.45, 7) is 4.52. The summed E-state index contributed by atoms with van der Waals surface area (Å²) in [5, 5.41) is 6.91. The maximum absolute atomic E-state index is 12.5. The molecule has 8 nitrogen and oxygen atoms in total. The third-order valence-corrected chi connectivity index (χ3v) is 4.14. The number of carbonyl (C=O) groups is 1. The summed E-state index contributed by atoms with van der Waals surface area (Å²) < 4.78 is 15.6. The van der Waals surface area contributed by atoms with Crippen molar-refractivity contribution < 1.29 is 18.8 Å². The summed E-state index contributed by atoms with van der Waals surface area (Å²) >= 11 is 0. The number of benzene rings is 1. The minimum atomic E-state index is -0.136. The number of piperazine rings is 1. The van der Waals surface area contributed by atoms with Crippen molar-refractivity contribution >= 4 is 17.5 Å². The van der Waals surface area contributed by atoms with Crippen LogP contribution in [0.4, 0.5) is 16.3 Å². The number of urea groups is 1. The lowest BCUT2D eigenvalue weighted by Gasteiger charge is -2.34. The normalized spacial score (nSPS) is 14.4. The lowest BCUT2D eigenvalue weighted by molar-refractivity contribution is 0.208. The van der Waals surface area contributed by atoms with Crippen LogP contribution in [-0.4, -0.2) is 56.5 Å². The van der Waals surface area contributed by atoms with Gasteiger partial charge in [0, 0.05) is 44.0 Å². The van der Waals surface area contributed by atoms with Gasteiger partial charge in [0.15, 0.2) is 17.3 Å². The quantitative estimate of drug-likeness (QED) is 0.915. The van der Waals surface area contributed by atoms with E-state index < -0.39 is 0 Å². The number of hydrogen-bond donors (Lipinski definition) is 1. The summed E-state index contributed by atoms with van der Waals surface area (Å²) in [5.74, 6) is 2.80. The van der Waals surface area contributed by atoms with Gasteiger partial charge < -0.3 is 29.1 Å². The van der Waals surface area contributed by atoms with E-state index in [-0.39, 0.29) is 6.03 Å². The maximum atomic E-state index is 12.5. The minimum Gasteiger partial charge on any atom is -0.493 e. The van der Waals surface area contributed by atoms with E-state index in [1.165, 1.54) is 0 Å². The molecule has 8 heteroatoms. The highest BCUT2D eigenvalue weighted by atomic mass is 16.5. The number of ether oxygens (including phenoxy) is 2. The van der Waals surface area contributed by atoms with Crippen molar-refractivity contribution in [3.63, 3.8) is 0 Å². The number of aromatic nitrogens is 1. The van der Waals surface area contributed by atoms with Gasteiger partial charge in [0.2, 0.25) is 0 Å². The molecule has 2 aromatic rings. The standard InChI is InChI=1S/C17H22N4O4/c1-12-10-16(19-25-12)20-6-8-21(9-7-20)17(22)18-13-4-5-14(23-2)15(11-13)24-3/h4-5,10-11H,6-9H2,1-3H3,(H,18,22). The molecule has 0 radical (unpaired) electrons. The molecular weight excluding hydrogens is 324 g/mol. The number of nitrogens with one attached hydrogen (secondary N) is 1. The molecule has 1 aliphatic heterocycles. The summed E-state index contributed by atoms with van der Waals surface area (Å²) in [5.41, 5.74) is 0.664. The number of aryl methyl sites for hydroxylation is 1. The van der Waals surface area contributed by atoms with Gasteiger partial charge in [-0.2, -0.15) is 0 Å². The predicted molar refractivity (Wildman–Crippen MR) is 93.6 cm³/mol. The lowest BCUT2D eigenvalue weighted by Crippen LogP contribution is -2.50. The third-order valence-electron chi connectivity index (χ3n) is 4.14. The van der Waals surface area contributed by atoms with E-state index in [1.54, 1.807) is 37.3 Å². The first-order chi connectivity index (χ1) is 12.1. The van der Waals surface area contributed by atoms with Gasteiger partial charge in [0.05, 0.1) is 14.2 Å². The highest BCUT2D eigenvalue weighted by Gasteiger charge is 2.23. The molecular formula is C17H22N4O4. The molecule has 1 N–H and O–H groups in total. The van der Waals surface area contributed by atoms with Crippen molar-refractivity contribution in [1.82, 2.24) is 10.1 Å². The number of methoxy groups -OCH3 is 2. The average molecular weight is 346 g/mol. The van der Waals surface area contributed by atoms with Crippen molar-refractivity contribution in [2.24, 2.45) is 0 Å². The zero-order valence-corrected chi connectivity index (χ0v) is 14.6. The largest absolute Gasteiger partial charge is 0.493 e. The van der Waals surface area contributed by atoms with Gasteiger partial charge in [-0.15, -0.1) is 0 Å². The van der Waals surface area contributed by atoms with Gasteiger partial charge in [-0.1, -0.05) is 5.16 Å². The Balaban J connectivity index is 1.58. The molecule has 2 heterocycles. The second kappa shape index (κ2) is 7.33. The fourth-order valence-corrected chi connectivity index (χ4v) is 2.76. The van der Waals surface area contributed by atoms with Gasteiger partial charge in [0.1, 0.15) is 5.76 Å². The number of hydrogen-bond acceptors (Lipinski definition) is 6. The summed E-state index contributed by atoms with van der Waals surface area (Å²) in [6, 6.07) is 7.06. The SMILES string of the molecule is COc1ccc(NC(=O)N2CCN(c3cc(C)on3)CC2)cc1OC. The molecule has 1 aromatic carbocycles. The Kier molecular flexibility index (Phi) is 4.97. The molecule has 0 spiro atoms. The molecule has 134 valence electrons. The van der Waals surface area contributed by atoms with Crippen LogP contribution in [0.15, 0.2) is 28.8 Å².